The van der Waals surface area contributed by atoms with Crippen molar-refractivity contribution in [3.8, 4) is 0 Å². The van der Waals surface area contributed by atoms with Crippen LogP contribution in [0.2, 0.25) is 0 Å². The van der Waals surface area contributed by atoms with Crippen LogP contribution < -0.4 is 5.73 Å². The molecule has 0 bridgehead atoms. The number of anilines is 1. The van der Waals surface area contributed by atoms with E-state index < -0.39 is 0 Å². The van der Waals surface area contributed by atoms with Crippen molar-refractivity contribution in [3.05, 3.63) is 29.4 Å². The summed E-state index contributed by atoms with van der Waals surface area (Å²) in [6, 6.07) is 0. The van der Waals surface area contributed by atoms with Gasteiger partial charge >= 0.3 is 5.97 Å². The lowest BCUT2D eigenvalue weighted by atomic mass is 10.2. The fourth-order valence-corrected chi connectivity index (χ4v) is 1.77. The quantitative estimate of drug-likeness (QED) is 0.445. The molecule has 0 atom stereocenters. The van der Waals surface area contributed by atoms with Crippen molar-refractivity contribution in [3.63, 3.8) is 0 Å². The monoisotopic (exact) mass is 320 g/mol. The van der Waals surface area contributed by atoms with Crippen LogP contribution >= 0.6 is 0 Å². The van der Waals surface area contributed by atoms with Crippen molar-refractivity contribution < 1.29 is 14.3 Å². The van der Waals surface area contributed by atoms with Crippen LogP contribution in [0.4, 0.5) is 5.82 Å². The summed E-state index contributed by atoms with van der Waals surface area (Å²) in [6.07, 6.45) is 4.72. The first-order chi connectivity index (χ1) is 10.8. The maximum Gasteiger partial charge on any atom is 0.308 e. The highest BCUT2D eigenvalue weighted by Crippen LogP contribution is 2.13. The van der Waals surface area contributed by atoms with Crippen LogP contribution in [0.3, 0.4) is 0 Å². The fourth-order valence-electron chi connectivity index (χ4n) is 1.77. The number of ether oxygens (including phenoxy) is 1. The zero-order valence-electron chi connectivity index (χ0n) is 14.1. The van der Waals surface area contributed by atoms with E-state index in [2.05, 4.69) is 9.97 Å². The predicted molar refractivity (Wildman–Crippen MR) is 87.0 cm³/mol. The van der Waals surface area contributed by atoms with Crippen LogP contribution in [0.1, 0.15) is 38.6 Å². The van der Waals surface area contributed by atoms with Gasteiger partial charge in [0.15, 0.2) is 0 Å². The molecule has 0 radical (unpaired) electrons. The molecule has 0 saturated carbocycles. The van der Waals surface area contributed by atoms with E-state index in [0.717, 1.165) is 12.1 Å². The molecule has 1 aromatic heterocycles. The van der Waals surface area contributed by atoms with Gasteiger partial charge < -0.3 is 15.4 Å². The Morgan fingerprint density at radius 2 is 2.17 bits per heavy atom. The topological polar surface area (TPSA) is 98.4 Å². The lowest BCUT2D eigenvalue weighted by Gasteiger charge is -2.19. The highest BCUT2D eigenvalue weighted by atomic mass is 16.5. The molecule has 0 aliphatic heterocycles. The van der Waals surface area contributed by atoms with Gasteiger partial charge in [-0.2, -0.15) is 0 Å². The molecule has 1 rings (SSSR count). The number of nitrogen functional groups attached to an aromatic ring is 1. The highest BCUT2D eigenvalue weighted by molar-refractivity contribution is 5.71. The van der Waals surface area contributed by atoms with E-state index in [4.69, 9.17) is 10.5 Å². The van der Waals surface area contributed by atoms with Crippen LogP contribution in [-0.2, 0) is 20.9 Å². The largest absolute Gasteiger partial charge is 0.465 e. The van der Waals surface area contributed by atoms with Crippen LogP contribution in [0.25, 0.3) is 0 Å². The number of carbonyl (C=O) groups excluding carboxylic acids is 2. The molecule has 0 aliphatic rings. The number of carbonyl (C=O) groups is 2. The van der Waals surface area contributed by atoms with E-state index in [1.165, 1.54) is 4.90 Å². The number of allylic oxidation sites excluding steroid dienone is 1. The number of nitrogens with two attached hydrogens (primary N) is 1. The van der Waals surface area contributed by atoms with Crippen molar-refractivity contribution >= 4 is 18.2 Å². The van der Waals surface area contributed by atoms with E-state index in [9.17, 15) is 9.59 Å². The molecule has 0 aromatic carbocycles. The zero-order chi connectivity index (χ0) is 17.4. The minimum atomic E-state index is -0.229. The van der Waals surface area contributed by atoms with Crippen molar-refractivity contribution in [2.45, 2.75) is 40.7 Å². The molecule has 7 heteroatoms. The Hall–Kier alpha value is -2.44. The van der Waals surface area contributed by atoms with E-state index in [-0.39, 0.29) is 18.5 Å². The SMILES string of the molecule is CC(=CCCOC(=O)C(C)C)N(C=O)Cc1cnc(C)nc1N. The van der Waals surface area contributed by atoms with Gasteiger partial charge in [0.05, 0.1) is 19.1 Å². The maximum absolute atomic E-state index is 11.3. The second-order valence-corrected chi connectivity index (χ2v) is 5.52. The average molecular weight is 320 g/mol. The molecule has 1 heterocycles. The summed E-state index contributed by atoms with van der Waals surface area (Å²) in [7, 11) is 0. The molecule has 0 aliphatic carbocycles. The molecule has 0 unspecified atom stereocenters. The normalized spacial score (nSPS) is 11.4. The molecule has 0 fully saturated rings. The van der Waals surface area contributed by atoms with Crippen molar-refractivity contribution in [1.82, 2.24) is 14.9 Å². The number of hydrogen-bond acceptors (Lipinski definition) is 6. The summed E-state index contributed by atoms with van der Waals surface area (Å²) >= 11 is 0. The van der Waals surface area contributed by atoms with E-state index >= 15 is 0 Å². The summed E-state index contributed by atoms with van der Waals surface area (Å²) in [5.41, 5.74) is 7.27. The van der Waals surface area contributed by atoms with Gasteiger partial charge in [-0.3, -0.25) is 9.59 Å². The first kappa shape index (κ1) is 18.6. The molecule has 126 valence electrons. The minimum Gasteiger partial charge on any atom is -0.465 e. The summed E-state index contributed by atoms with van der Waals surface area (Å²) in [4.78, 5) is 32.3. The molecule has 2 N–H and O–H groups in total. The first-order valence-electron chi connectivity index (χ1n) is 7.48. The van der Waals surface area contributed by atoms with E-state index in [1.54, 1.807) is 27.0 Å². The lowest BCUT2D eigenvalue weighted by molar-refractivity contribution is -0.147. The Kier molecular flexibility index (Phi) is 7.18. The highest BCUT2D eigenvalue weighted by Gasteiger charge is 2.10. The Labute approximate surface area is 136 Å². The van der Waals surface area contributed by atoms with Gasteiger partial charge in [-0.1, -0.05) is 19.9 Å². The number of aromatic nitrogens is 2. The third kappa shape index (κ3) is 6.06. The van der Waals surface area contributed by atoms with Gasteiger partial charge in [-0.05, 0) is 13.8 Å². The van der Waals surface area contributed by atoms with Gasteiger partial charge in [-0.25, -0.2) is 9.97 Å². The molecule has 23 heavy (non-hydrogen) atoms. The van der Waals surface area contributed by atoms with E-state index in [1.807, 2.05) is 13.0 Å². The van der Waals surface area contributed by atoms with Crippen LogP contribution in [0.5, 0.6) is 0 Å². The molecular weight excluding hydrogens is 296 g/mol. The smallest absolute Gasteiger partial charge is 0.308 e. The van der Waals surface area contributed by atoms with Gasteiger partial charge in [0.1, 0.15) is 11.6 Å². The molecule has 1 aromatic rings. The standard InChI is InChI=1S/C16H24N4O3/c1-11(2)16(22)23-7-5-6-12(3)20(10-21)9-14-8-18-13(4)19-15(14)17/h6,8,10-11H,5,7,9H2,1-4H3,(H2,17,18,19). The Morgan fingerprint density at radius 3 is 2.74 bits per heavy atom. The summed E-state index contributed by atoms with van der Waals surface area (Å²) in [6.45, 7) is 7.71. The third-order valence-electron chi connectivity index (χ3n) is 3.21. The Bertz CT molecular complexity index is 585. The summed E-state index contributed by atoms with van der Waals surface area (Å²) in [5, 5.41) is 0. The van der Waals surface area contributed by atoms with E-state index in [0.29, 0.717) is 30.2 Å². The second-order valence-electron chi connectivity index (χ2n) is 5.52. The summed E-state index contributed by atoms with van der Waals surface area (Å²) < 4.78 is 5.09. The minimum absolute atomic E-state index is 0.143. The Morgan fingerprint density at radius 1 is 1.48 bits per heavy atom. The fraction of sp³-hybridized carbons (Fsp3) is 0.500. The van der Waals surface area contributed by atoms with Crippen molar-refractivity contribution in [2.24, 2.45) is 5.92 Å². The van der Waals surface area contributed by atoms with Gasteiger partial charge in [0.2, 0.25) is 6.41 Å². The lowest BCUT2D eigenvalue weighted by Crippen LogP contribution is -2.21. The Balaban J connectivity index is 2.60. The maximum atomic E-state index is 11.3. The van der Waals surface area contributed by atoms with Crippen LogP contribution in [0.15, 0.2) is 18.0 Å². The third-order valence-corrected chi connectivity index (χ3v) is 3.21. The zero-order valence-corrected chi connectivity index (χ0v) is 14.1. The van der Waals surface area contributed by atoms with Crippen LogP contribution in [-0.4, -0.2) is 33.9 Å². The van der Waals surface area contributed by atoms with Crippen molar-refractivity contribution in [2.75, 3.05) is 12.3 Å². The number of nitrogens with zero attached hydrogens (tertiary/aromatic N) is 3. The van der Waals surface area contributed by atoms with Crippen molar-refractivity contribution in [1.29, 1.82) is 0 Å². The van der Waals surface area contributed by atoms with Gasteiger partial charge in [0, 0.05) is 23.9 Å². The summed E-state index contributed by atoms with van der Waals surface area (Å²) in [5.74, 6) is 0.579. The molecular formula is C16H24N4O3. The molecule has 0 saturated heterocycles. The van der Waals surface area contributed by atoms with Gasteiger partial charge in [0.25, 0.3) is 0 Å². The number of esters is 1. The molecule has 1 amide bonds. The predicted octanol–water partition coefficient (Wildman–Crippen LogP) is 1.82. The van der Waals surface area contributed by atoms with Crippen LogP contribution in [0, 0.1) is 12.8 Å². The molecule has 0 spiro atoms. The van der Waals surface area contributed by atoms with Gasteiger partial charge in [-0.15, -0.1) is 0 Å². The number of rotatable bonds is 8. The first-order valence-corrected chi connectivity index (χ1v) is 7.48. The second kappa shape index (κ2) is 8.87. The average Bonchev–Trinajstić information content (AvgIpc) is 2.50. The number of aryl methyl sites for hydroxylation is 1. The molecule has 7 nitrogen and oxygen atoms in total. The number of hydrogen-bond donors (Lipinski definition) is 1. The number of amides is 1.